The van der Waals surface area contributed by atoms with E-state index in [9.17, 15) is 4.79 Å². The normalized spacial score (nSPS) is 25.5. The molecule has 1 aliphatic carbocycles. The van der Waals surface area contributed by atoms with Gasteiger partial charge in [0.1, 0.15) is 6.17 Å². The van der Waals surface area contributed by atoms with Crippen LogP contribution < -0.4 is 16.0 Å². The number of nitrogens with one attached hydrogen (secondary N) is 2. The molecule has 31 heavy (non-hydrogen) atoms. The minimum absolute atomic E-state index is 0.234. The van der Waals surface area contributed by atoms with Gasteiger partial charge in [-0.25, -0.2) is 4.39 Å². The van der Waals surface area contributed by atoms with Crippen molar-refractivity contribution in [3.63, 3.8) is 0 Å². The summed E-state index contributed by atoms with van der Waals surface area (Å²) in [5.74, 6) is -0.527. The fourth-order valence-corrected chi connectivity index (χ4v) is 4.29. The fourth-order valence-electron chi connectivity index (χ4n) is 4.29. The SMILES string of the molecule is C/C1=C\C(C(N)=O)=C(\N[C@H]2CCN(c3ccc(C#N)cc3)C[C@H]2F)c2cc[nH]c2CC1. The molecule has 4 rings (SSSR count). The molecule has 1 aliphatic heterocycles. The highest BCUT2D eigenvalue weighted by molar-refractivity contribution is 6.03. The van der Waals surface area contributed by atoms with Crippen LogP contribution in [0.15, 0.2) is 53.8 Å². The first-order chi connectivity index (χ1) is 15.0. The van der Waals surface area contributed by atoms with Gasteiger partial charge in [0.25, 0.3) is 5.91 Å². The number of aromatic amines is 1. The maximum absolute atomic E-state index is 15.3. The van der Waals surface area contributed by atoms with Crippen LogP contribution in [0.1, 0.15) is 36.6 Å². The van der Waals surface area contributed by atoms with Crippen molar-refractivity contribution in [3.8, 4) is 6.07 Å². The van der Waals surface area contributed by atoms with E-state index >= 15 is 4.39 Å². The molecular weight excluding hydrogens is 393 g/mol. The number of amides is 1. The van der Waals surface area contributed by atoms with E-state index in [0.717, 1.165) is 35.4 Å². The number of aromatic nitrogens is 1. The number of aryl methyl sites for hydroxylation is 1. The molecule has 0 saturated carbocycles. The summed E-state index contributed by atoms with van der Waals surface area (Å²) in [6.07, 6.45) is 4.74. The van der Waals surface area contributed by atoms with Crippen LogP contribution >= 0.6 is 0 Å². The van der Waals surface area contributed by atoms with Crippen molar-refractivity contribution in [2.75, 3.05) is 18.0 Å². The van der Waals surface area contributed by atoms with Crippen LogP contribution in [0.25, 0.3) is 5.70 Å². The standard InChI is InChI=1S/C24H26FN5O/c1-15-2-7-21-18(8-10-28-21)23(19(12-15)24(27)31)29-22-9-11-30(14-20(22)25)17-5-3-16(13-26)4-6-17/h3-6,8,10,12,20,22,28-29H,2,7,9,11,14H2,1H3,(H2,27,31)/b15-12+,23-19-/t20-,22+/m1/s1. The highest BCUT2D eigenvalue weighted by Gasteiger charge is 2.31. The first kappa shape index (κ1) is 20.7. The lowest BCUT2D eigenvalue weighted by molar-refractivity contribution is -0.114. The molecule has 1 saturated heterocycles. The summed E-state index contributed by atoms with van der Waals surface area (Å²) >= 11 is 0. The molecule has 0 bridgehead atoms. The molecule has 1 amide bonds. The second-order valence-corrected chi connectivity index (χ2v) is 8.17. The van der Waals surface area contributed by atoms with Crippen molar-refractivity contribution in [1.82, 2.24) is 10.3 Å². The Bertz CT molecular complexity index is 1080. The van der Waals surface area contributed by atoms with E-state index < -0.39 is 18.1 Å². The molecule has 6 nitrogen and oxygen atoms in total. The molecule has 1 fully saturated rings. The largest absolute Gasteiger partial charge is 0.378 e. The Morgan fingerprint density at radius 3 is 2.74 bits per heavy atom. The molecule has 2 aliphatic rings. The number of halogens is 1. The summed E-state index contributed by atoms with van der Waals surface area (Å²) in [4.78, 5) is 17.5. The number of primary amides is 1. The van der Waals surface area contributed by atoms with Gasteiger partial charge in [-0.05, 0) is 62.6 Å². The summed E-state index contributed by atoms with van der Waals surface area (Å²) in [5.41, 5.74) is 11.1. The number of fused-ring (bicyclic) bond motifs is 1. The molecule has 4 N–H and O–H groups in total. The van der Waals surface area contributed by atoms with Crippen LogP contribution in [0.2, 0.25) is 0 Å². The van der Waals surface area contributed by atoms with E-state index in [4.69, 9.17) is 11.0 Å². The first-order valence-electron chi connectivity index (χ1n) is 10.5. The Morgan fingerprint density at radius 2 is 2.06 bits per heavy atom. The second kappa shape index (κ2) is 8.68. The third-order valence-electron chi connectivity index (χ3n) is 6.03. The first-order valence-corrected chi connectivity index (χ1v) is 10.5. The summed E-state index contributed by atoms with van der Waals surface area (Å²) in [7, 11) is 0. The van der Waals surface area contributed by atoms with E-state index in [1.165, 1.54) is 0 Å². The highest BCUT2D eigenvalue weighted by atomic mass is 19.1. The Labute approximate surface area is 181 Å². The molecule has 0 radical (unpaired) electrons. The number of benzene rings is 1. The molecule has 2 atom stereocenters. The van der Waals surface area contributed by atoms with Crippen LogP contribution in [0.4, 0.5) is 10.1 Å². The van der Waals surface area contributed by atoms with Crippen molar-refractivity contribution in [1.29, 1.82) is 5.26 Å². The van der Waals surface area contributed by atoms with Crippen LogP contribution in [0.3, 0.4) is 0 Å². The Hall–Kier alpha value is -3.53. The van der Waals surface area contributed by atoms with E-state index in [0.29, 0.717) is 29.8 Å². The maximum Gasteiger partial charge on any atom is 0.250 e. The highest BCUT2D eigenvalue weighted by Crippen LogP contribution is 2.29. The number of piperidine rings is 1. The van der Waals surface area contributed by atoms with Gasteiger partial charge in [0.05, 0.1) is 35.5 Å². The summed E-state index contributed by atoms with van der Waals surface area (Å²) < 4.78 is 15.3. The number of anilines is 1. The molecule has 2 aromatic rings. The number of rotatable bonds is 4. The Morgan fingerprint density at radius 1 is 1.29 bits per heavy atom. The molecule has 2 heterocycles. The predicted octanol–water partition coefficient (Wildman–Crippen LogP) is 3.18. The smallest absolute Gasteiger partial charge is 0.250 e. The van der Waals surface area contributed by atoms with Crippen LogP contribution in [-0.2, 0) is 11.2 Å². The Balaban J connectivity index is 1.58. The quantitative estimate of drug-likeness (QED) is 0.709. The number of nitrogens with two attached hydrogens (primary N) is 1. The number of carbonyl (C=O) groups is 1. The van der Waals surface area contributed by atoms with Crippen molar-refractivity contribution in [3.05, 3.63) is 70.6 Å². The number of alkyl halides is 1. The third kappa shape index (κ3) is 4.33. The molecule has 160 valence electrons. The van der Waals surface area contributed by atoms with Crippen molar-refractivity contribution in [2.45, 2.75) is 38.4 Å². The van der Waals surface area contributed by atoms with Gasteiger partial charge in [-0.3, -0.25) is 4.79 Å². The van der Waals surface area contributed by atoms with Crippen LogP contribution in [0, 0.1) is 11.3 Å². The average Bonchev–Trinajstić information content (AvgIpc) is 3.22. The van der Waals surface area contributed by atoms with Crippen molar-refractivity contribution >= 4 is 17.3 Å². The monoisotopic (exact) mass is 419 g/mol. The van der Waals surface area contributed by atoms with Gasteiger partial charge in [-0.15, -0.1) is 0 Å². The van der Waals surface area contributed by atoms with Gasteiger partial charge in [-0.2, -0.15) is 5.26 Å². The number of carbonyl (C=O) groups excluding carboxylic acids is 1. The molecule has 0 spiro atoms. The molecule has 7 heteroatoms. The average molecular weight is 420 g/mol. The van der Waals surface area contributed by atoms with E-state index in [2.05, 4.69) is 16.4 Å². The van der Waals surface area contributed by atoms with Crippen LogP contribution in [0.5, 0.6) is 0 Å². The lowest BCUT2D eigenvalue weighted by Crippen LogP contribution is -2.50. The van der Waals surface area contributed by atoms with Gasteiger partial charge in [0.15, 0.2) is 0 Å². The van der Waals surface area contributed by atoms with E-state index in [1.807, 2.05) is 42.3 Å². The molecule has 1 aromatic heterocycles. The zero-order valence-corrected chi connectivity index (χ0v) is 17.5. The third-order valence-corrected chi connectivity index (χ3v) is 6.03. The molecule has 0 unspecified atom stereocenters. The summed E-state index contributed by atoms with van der Waals surface area (Å²) in [6, 6.07) is 10.8. The van der Waals surface area contributed by atoms with Crippen LogP contribution in [-0.4, -0.2) is 36.2 Å². The predicted molar refractivity (Wildman–Crippen MR) is 119 cm³/mol. The Kier molecular flexibility index (Phi) is 5.81. The van der Waals surface area contributed by atoms with Crippen molar-refractivity contribution < 1.29 is 9.18 Å². The minimum atomic E-state index is -1.14. The maximum atomic E-state index is 15.3. The zero-order chi connectivity index (χ0) is 22.0. The number of allylic oxidation sites excluding steroid dienone is 1. The zero-order valence-electron chi connectivity index (χ0n) is 17.5. The van der Waals surface area contributed by atoms with Gasteiger partial charge in [-0.1, -0.05) is 5.57 Å². The lowest BCUT2D eigenvalue weighted by Gasteiger charge is -2.37. The van der Waals surface area contributed by atoms with Gasteiger partial charge in [0.2, 0.25) is 0 Å². The lowest BCUT2D eigenvalue weighted by atomic mass is 9.94. The van der Waals surface area contributed by atoms with Crippen molar-refractivity contribution in [2.24, 2.45) is 5.73 Å². The van der Waals surface area contributed by atoms with Gasteiger partial charge >= 0.3 is 0 Å². The number of hydrogen-bond donors (Lipinski definition) is 3. The number of nitriles is 1. The van der Waals surface area contributed by atoms with Gasteiger partial charge < -0.3 is 20.9 Å². The number of H-pyrrole nitrogens is 1. The van der Waals surface area contributed by atoms with E-state index in [-0.39, 0.29) is 6.54 Å². The van der Waals surface area contributed by atoms with Gasteiger partial charge in [0, 0.05) is 29.7 Å². The van der Waals surface area contributed by atoms with E-state index in [1.54, 1.807) is 12.1 Å². The number of nitrogens with zero attached hydrogens (tertiary/aromatic N) is 2. The second-order valence-electron chi connectivity index (χ2n) is 8.17. The minimum Gasteiger partial charge on any atom is -0.378 e. The number of hydrogen-bond acceptors (Lipinski definition) is 4. The molecular formula is C24H26FN5O. The molecule has 1 aromatic carbocycles. The summed E-state index contributed by atoms with van der Waals surface area (Å²) in [6.45, 7) is 2.87. The summed E-state index contributed by atoms with van der Waals surface area (Å²) in [5, 5.41) is 12.3. The topological polar surface area (TPSA) is 97.9 Å². The fraction of sp³-hybridized carbons (Fsp3) is 0.333.